The van der Waals surface area contributed by atoms with Gasteiger partial charge in [-0.2, -0.15) is 0 Å². The zero-order valence-corrected chi connectivity index (χ0v) is 13.4. The normalized spacial score (nSPS) is 11.1. The Kier molecular flexibility index (Phi) is 6.79. The second kappa shape index (κ2) is 8.11. The Morgan fingerprint density at radius 3 is 2.71 bits per heavy atom. The largest absolute Gasteiger partial charge is 0.466 e. The molecule has 0 aliphatic heterocycles. The quantitative estimate of drug-likeness (QED) is 0.565. The van der Waals surface area contributed by atoms with Crippen LogP contribution in [0.4, 0.5) is 0 Å². The molecule has 0 radical (unpaired) electrons. The van der Waals surface area contributed by atoms with E-state index in [0.29, 0.717) is 13.0 Å². The van der Waals surface area contributed by atoms with Crippen molar-refractivity contribution in [1.82, 2.24) is 4.72 Å². The maximum atomic E-state index is 12.1. The summed E-state index contributed by atoms with van der Waals surface area (Å²) >= 11 is 0.992. The molecule has 0 saturated heterocycles. The molecule has 1 aromatic heterocycles. The van der Waals surface area contributed by atoms with Crippen molar-refractivity contribution in [2.24, 2.45) is 0 Å². The first-order chi connectivity index (χ1) is 9.92. The predicted molar refractivity (Wildman–Crippen MR) is 76.7 cm³/mol. The Labute approximate surface area is 127 Å². The van der Waals surface area contributed by atoms with Crippen LogP contribution in [0.5, 0.6) is 0 Å². The van der Waals surface area contributed by atoms with Crippen LogP contribution in [-0.2, 0) is 24.3 Å². The van der Waals surface area contributed by atoms with Crippen molar-refractivity contribution in [3.8, 4) is 0 Å². The molecule has 0 atom stereocenters. The summed E-state index contributed by atoms with van der Waals surface area (Å²) in [6.07, 6.45) is 0.444. The number of esters is 2. The fourth-order valence-electron chi connectivity index (χ4n) is 1.50. The van der Waals surface area contributed by atoms with E-state index in [1.54, 1.807) is 6.92 Å². The molecule has 0 fully saturated rings. The van der Waals surface area contributed by atoms with Crippen LogP contribution in [0.2, 0.25) is 0 Å². The lowest BCUT2D eigenvalue weighted by Crippen LogP contribution is -2.26. The van der Waals surface area contributed by atoms with Crippen LogP contribution < -0.4 is 4.72 Å². The van der Waals surface area contributed by atoms with Gasteiger partial charge in [0.1, 0.15) is 9.77 Å². The molecule has 1 aromatic rings. The summed E-state index contributed by atoms with van der Waals surface area (Å²) in [7, 11) is -2.62. The van der Waals surface area contributed by atoms with Crippen molar-refractivity contribution in [2.75, 3.05) is 20.3 Å². The maximum Gasteiger partial charge on any atom is 0.349 e. The minimum Gasteiger partial charge on any atom is -0.466 e. The topological polar surface area (TPSA) is 98.8 Å². The third kappa shape index (κ3) is 5.10. The van der Waals surface area contributed by atoms with Gasteiger partial charge in [-0.25, -0.2) is 17.9 Å². The van der Waals surface area contributed by atoms with Crippen LogP contribution in [0.25, 0.3) is 0 Å². The van der Waals surface area contributed by atoms with Crippen LogP contribution in [0, 0.1) is 0 Å². The van der Waals surface area contributed by atoms with E-state index in [4.69, 9.17) is 4.74 Å². The van der Waals surface area contributed by atoms with Gasteiger partial charge in [0.2, 0.25) is 10.0 Å². The first-order valence-electron chi connectivity index (χ1n) is 6.23. The maximum absolute atomic E-state index is 12.1. The second-order valence-corrected chi connectivity index (χ2v) is 6.56. The van der Waals surface area contributed by atoms with E-state index in [2.05, 4.69) is 9.46 Å². The standard InChI is InChI=1S/C12H17NO6S2/c1-3-19-10(14)5-4-7-13-21(16,17)9-6-8-20-11(9)12(15)18-2/h6,8,13H,3-5,7H2,1-2H3. The fourth-order valence-corrected chi connectivity index (χ4v) is 3.91. The van der Waals surface area contributed by atoms with Gasteiger partial charge in [0.05, 0.1) is 13.7 Å². The number of methoxy groups -OCH3 is 1. The van der Waals surface area contributed by atoms with Gasteiger partial charge in [-0.1, -0.05) is 0 Å². The van der Waals surface area contributed by atoms with Crippen LogP contribution in [0.15, 0.2) is 16.3 Å². The molecular weight excluding hydrogens is 318 g/mol. The van der Waals surface area contributed by atoms with Crippen molar-refractivity contribution >= 4 is 33.3 Å². The molecule has 1 N–H and O–H groups in total. The molecule has 0 spiro atoms. The lowest BCUT2D eigenvalue weighted by molar-refractivity contribution is -0.143. The molecule has 0 unspecified atom stereocenters. The monoisotopic (exact) mass is 335 g/mol. The molecule has 118 valence electrons. The number of hydrogen-bond acceptors (Lipinski definition) is 7. The van der Waals surface area contributed by atoms with Gasteiger partial charge in [-0.3, -0.25) is 4.79 Å². The smallest absolute Gasteiger partial charge is 0.349 e. The molecule has 0 aliphatic rings. The minimum atomic E-state index is -3.81. The van der Waals surface area contributed by atoms with Gasteiger partial charge in [0, 0.05) is 13.0 Å². The van der Waals surface area contributed by atoms with E-state index in [1.807, 2.05) is 0 Å². The highest BCUT2D eigenvalue weighted by molar-refractivity contribution is 7.89. The molecule has 0 bridgehead atoms. The van der Waals surface area contributed by atoms with Crippen molar-refractivity contribution < 1.29 is 27.5 Å². The number of carbonyl (C=O) groups excluding carboxylic acids is 2. The van der Waals surface area contributed by atoms with E-state index in [1.165, 1.54) is 18.6 Å². The number of ether oxygens (including phenoxy) is 2. The van der Waals surface area contributed by atoms with Gasteiger partial charge in [0.15, 0.2) is 0 Å². The molecule has 0 amide bonds. The van der Waals surface area contributed by atoms with Gasteiger partial charge in [-0.15, -0.1) is 11.3 Å². The van der Waals surface area contributed by atoms with Crippen molar-refractivity contribution in [3.05, 3.63) is 16.3 Å². The van der Waals surface area contributed by atoms with E-state index in [0.717, 1.165) is 11.3 Å². The summed E-state index contributed by atoms with van der Waals surface area (Å²) in [4.78, 5) is 22.5. The third-order valence-electron chi connectivity index (χ3n) is 2.44. The zero-order chi connectivity index (χ0) is 15.9. The van der Waals surface area contributed by atoms with Gasteiger partial charge < -0.3 is 9.47 Å². The SMILES string of the molecule is CCOC(=O)CCCNS(=O)(=O)c1ccsc1C(=O)OC. The summed E-state index contributed by atoms with van der Waals surface area (Å²) in [6.45, 7) is 2.07. The lowest BCUT2D eigenvalue weighted by Gasteiger charge is -2.07. The average molecular weight is 335 g/mol. The first kappa shape index (κ1) is 17.6. The van der Waals surface area contributed by atoms with Gasteiger partial charge in [-0.05, 0) is 24.8 Å². The van der Waals surface area contributed by atoms with Crippen molar-refractivity contribution in [2.45, 2.75) is 24.7 Å². The molecule has 0 aromatic carbocycles. The molecule has 0 aliphatic carbocycles. The summed E-state index contributed by atoms with van der Waals surface area (Å²) in [6, 6.07) is 1.34. The first-order valence-corrected chi connectivity index (χ1v) is 8.59. The summed E-state index contributed by atoms with van der Waals surface area (Å²) in [5.74, 6) is -1.07. The van der Waals surface area contributed by atoms with Crippen LogP contribution >= 0.6 is 11.3 Å². The zero-order valence-electron chi connectivity index (χ0n) is 11.7. The molecule has 1 rings (SSSR count). The lowest BCUT2D eigenvalue weighted by atomic mass is 10.3. The van der Waals surface area contributed by atoms with E-state index in [-0.39, 0.29) is 28.7 Å². The Balaban J connectivity index is 2.60. The molecule has 7 nitrogen and oxygen atoms in total. The summed E-state index contributed by atoms with van der Waals surface area (Å²) in [5.41, 5.74) is 0. The molecular formula is C12H17NO6S2. The number of hydrogen-bond donors (Lipinski definition) is 1. The Morgan fingerprint density at radius 2 is 2.10 bits per heavy atom. The number of sulfonamides is 1. The van der Waals surface area contributed by atoms with Crippen LogP contribution in [0.1, 0.15) is 29.4 Å². The predicted octanol–water partition coefficient (Wildman–Crippen LogP) is 1.16. The van der Waals surface area contributed by atoms with Crippen molar-refractivity contribution in [1.29, 1.82) is 0 Å². The van der Waals surface area contributed by atoms with E-state index < -0.39 is 16.0 Å². The van der Waals surface area contributed by atoms with E-state index in [9.17, 15) is 18.0 Å². The third-order valence-corrected chi connectivity index (χ3v) is 4.97. The second-order valence-electron chi connectivity index (χ2n) is 3.91. The summed E-state index contributed by atoms with van der Waals surface area (Å²) < 4.78 is 35.8. The molecule has 9 heteroatoms. The number of nitrogens with one attached hydrogen (secondary N) is 1. The Morgan fingerprint density at radius 1 is 1.38 bits per heavy atom. The summed E-state index contributed by atoms with van der Waals surface area (Å²) in [5, 5.41) is 1.50. The molecule has 1 heterocycles. The highest BCUT2D eigenvalue weighted by Gasteiger charge is 2.24. The highest BCUT2D eigenvalue weighted by Crippen LogP contribution is 2.22. The van der Waals surface area contributed by atoms with Crippen LogP contribution in [-0.4, -0.2) is 40.6 Å². The van der Waals surface area contributed by atoms with Crippen LogP contribution in [0.3, 0.4) is 0 Å². The van der Waals surface area contributed by atoms with Gasteiger partial charge in [0.25, 0.3) is 0 Å². The average Bonchev–Trinajstić information content (AvgIpc) is 2.93. The van der Waals surface area contributed by atoms with E-state index >= 15 is 0 Å². The molecule has 0 saturated carbocycles. The van der Waals surface area contributed by atoms with Gasteiger partial charge >= 0.3 is 11.9 Å². The number of rotatable bonds is 8. The van der Waals surface area contributed by atoms with Crippen molar-refractivity contribution in [3.63, 3.8) is 0 Å². The number of carbonyl (C=O) groups is 2. The fraction of sp³-hybridized carbons (Fsp3) is 0.500. The minimum absolute atomic E-state index is 0.0235. The Bertz CT molecular complexity index is 593. The number of thiophene rings is 1. The highest BCUT2D eigenvalue weighted by atomic mass is 32.2. The molecule has 21 heavy (non-hydrogen) atoms. The Hall–Kier alpha value is -1.45.